The van der Waals surface area contributed by atoms with E-state index >= 15 is 0 Å². The first kappa shape index (κ1) is 14.1. The molecule has 0 spiro atoms. The van der Waals surface area contributed by atoms with Crippen LogP contribution in [0.25, 0.3) is 10.9 Å². The van der Waals surface area contributed by atoms with Crippen molar-refractivity contribution < 1.29 is 9.53 Å². The Bertz CT molecular complexity index is 878. The van der Waals surface area contributed by atoms with Crippen molar-refractivity contribution in [1.29, 1.82) is 0 Å². The molecule has 4 rings (SSSR count). The van der Waals surface area contributed by atoms with Gasteiger partial charge >= 0.3 is 0 Å². The zero-order chi connectivity index (χ0) is 15.8. The monoisotopic (exact) mass is 305 g/mol. The van der Waals surface area contributed by atoms with Gasteiger partial charge in [-0.05, 0) is 54.7 Å². The molecule has 1 aliphatic carbocycles. The average Bonchev–Trinajstić information content (AvgIpc) is 3.00. The van der Waals surface area contributed by atoms with Gasteiger partial charge in [-0.2, -0.15) is 0 Å². The molecule has 0 saturated heterocycles. The SMILES string of the molecule is COc1ccc2c(c1)CC[C@H](Cc1c[nH]c3ccccc13)C2=O. The highest BCUT2D eigenvalue weighted by Gasteiger charge is 2.28. The van der Waals surface area contributed by atoms with Crippen LogP contribution in [-0.2, 0) is 12.8 Å². The molecule has 0 radical (unpaired) electrons. The molecule has 1 N–H and O–H groups in total. The molecule has 116 valence electrons. The molecule has 0 amide bonds. The summed E-state index contributed by atoms with van der Waals surface area (Å²) in [6.07, 6.45) is 4.68. The molecule has 1 atom stereocenters. The number of nitrogens with one attached hydrogen (secondary N) is 1. The molecule has 23 heavy (non-hydrogen) atoms. The second kappa shape index (κ2) is 5.58. The van der Waals surface area contributed by atoms with Crippen molar-refractivity contribution in [2.24, 2.45) is 5.92 Å². The van der Waals surface area contributed by atoms with Crippen molar-refractivity contribution in [3.05, 3.63) is 65.4 Å². The number of ketones is 1. The van der Waals surface area contributed by atoms with Gasteiger partial charge in [-0.15, -0.1) is 0 Å². The smallest absolute Gasteiger partial charge is 0.166 e. The number of methoxy groups -OCH3 is 1. The molecular weight excluding hydrogens is 286 g/mol. The number of hydrogen-bond acceptors (Lipinski definition) is 2. The fraction of sp³-hybridized carbons (Fsp3) is 0.250. The third-order valence-corrected chi connectivity index (χ3v) is 4.85. The lowest BCUT2D eigenvalue weighted by Gasteiger charge is -2.23. The number of carbonyl (C=O) groups excluding carboxylic acids is 1. The Balaban J connectivity index is 1.62. The minimum atomic E-state index is 0.0649. The normalized spacial score (nSPS) is 17.3. The summed E-state index contributed by atoms with van der Waals surface area (Å²) >= 11 is 0. The molecule has 0 bridgehead atoms. The number of benzene rings is 2. The van der Waals surface area contributed by atoms with Crippen LogP contribution in [0.5, 0.6) is 5.75 Å². The van der Waals surface area contributed by atoms with E-state index in [2.05, 4.69) is 17.1 Å². The van der Waals surface area contributed by atoms with Crippen LogP contribution in [0.3, 0.4) is 0 Å². The van der Waals surface area contributed by atoms with E-state index in [0.29, 0.717) is 0 Å². The first-order valence-corrected chi connectivity index (χ1v) is 8.02. The van der Waals surface area contributed by atoms with Crippen molar-refractivity contribution in [3.63, 3.8) is 0 Å². The van der Waals surface area contributed by atoms with Gasteiger partial charge in [0.25, 0.3) is 0 Å². The van der Waals surface area contributed by atoms with Gasteiger partial charge in [0, 0.05) is 28.6 Å². The third kappa shape index (κ3) is 2.42. The number of para-hydroxylation sites is 1. The lowest BCUT2D eigenvalue weighted by molar-refractivity contribution is 0.0901. The van der Waals surface area contributed by atoms with Crippen LogP contribution in [0.1, 0.15) is 27.9 Å². The van der Waals surface area contributed by atoms with E-state index in [4.69, 9.17) is 4.74 Å². The topological polar surface area (TPSA) is 42.1 Å². The Morgan fingerprint density at radius 3 is 2.96 bits per heavy atom. The molecule has 3 aromatic rings. The van der Waals surface area contributed by atoms with Gasteiger partial charge in [-0.1, -0.05) is 18.2 Å². The second-order valence-corrected chi connectivity index (χ2v) is 6.19. The van der Waals surface area contributed by atoms with Gasteiger partial charge in [0.15, 0.2) is 5.78 Å². The Morgan fingerprint density at radius 2 is 2.09 bits per heavy atom. The summed E-state index contributed by atoms with van der Waals surface area (Å²) in [4.78, 5) is 16.1. The molecule has 1 aliphatic rings. The van der Waals surface area contributed by atoms with Crippen molar-refractivity contribution >= 4 is 16.7 Å². The van der Waals surface area contributed by atoms with E-state index in [9.17, 15) is 4.79 Å². The van der Waals surface area contributed by atoms with Crippen LogP contribution in [0.15, 0.2) is 48.7 Å². The van der Waals surface area contributed by atoms with Gasteiger partial charge in [0.2, 0.25) is 0 Å². The summed E-state index contributed by atoms with van der Waals surface area (Å²) in [5.74, 6) is 1.15. The highest BCUT2D eigenvalue weighted by Crippen LogP contribution is 2.31. The maximum absolute atomic E-state index is 12.8. The van der Waals surface area contributed by atoms with E-state index in [1.807, 2.05) is 36.5 Å². The number of aromatic nitrogens is 1. The number of aromatic amines is 1. The molecule has 3 heteroatoms. The summed E-state index contributed by atoms with van der Waals surface area (Å²) in [5, 5.41) is 1.22. The number of aryl methyl sites for hydroxylation is 1. The van der Waals surface area contributed by atoms with Crippen LogP contribution in [0.2, 0.25) is 0 Å². The summed E-state index contributed by atoms with van der Waals surface area (Å²) < 4.78 is 5.26. The molecule has 1 heterocycles. The first-order chi connectivity index (χ1) is 11.3. The van der Waals surface area contributed by atoms with Crippen molar-refractivity contribution in [2.45, 2.75) is 19.3 Å². The molecule has 1 aromatic heterocycles. The van der Waals surface area contributed by atoms with Crippen LogP contribution >= 0.6 is 0 Å². The van der Waals surface area contributed by atoms with Crippen molar-refractivity contribution in [2.75, 3.05) is 7.11 Å². The molecule has 0 fully saturated rings. The summed E-state index contributed by atoms with van der Waals surface area (Å²) in [7, 11) is 1.66. The maximum atomic E-state index is 12.8. The zero-order valence-electron chi connectivity index (χ0n) is 13.1. The number of hydrogen-bond donors (Lipinski definition) is 1. The molecule has 3 nitrogen and oxygen atoms in total. The Hall–Kier alpha value is -2.55. The third-order valence-electron chi connectivity index (χ3n) is 4.85. The number of fused-ring (bicyclic) bond motifs is 2. The first-order valence-electron chi connectivity index (χ1n) is 8.02. The van der Waals surface area contributed by atoms with Crippen LogP contribution in [0.4, 0.5) is 0 Å². The number of rotatable bonds is 3. The lowest BCUT2D eigenvalue weighted by Crippen LogP contribution is -2.24. The average molecular weight is 305 g/mol. The van der Waals surface area contributed by atoms with Crippen LogP contribution in [-0.4, -0.2) is 17.9 Å². The molecule has 2 aromatic carbocycles. The van der Waals surface area contributed by atoms with Gasteiger partial charge in [0.05, 0.1) is 7.11 Å². The predicted octanol–water partition coefficient (Wildman–Crippen LogP) is 4.16. The fourth-order valence-corrected chi connectivity index (χ4v) is 3.59. The lowest BCUT2D eigenvalue weighted by atomic mass is 9.79. The number of carbonyl (C=O) groups is 1. The fourth-order valence-electron chi connectivity index (χ4n) is 3.59. The van der Waals surface area contributed by atoms with Crippen LogP contribution in [0, 0.1) is 5.92 Å². The van der Waals surface area contributed by atoms with Gasteiger partial charge in [0.1, 0.15) is 5.75 Å². The Labute approximate surface area is 135 Å². The van der Waals surface area contributed by atoms with E-state index < -0.39 is 0 Å². The predicted molar refractivity (Wildman–Crippen MR) is 91.1 cm³/mol. The van der Waals surface area contributed by atoms with Gasteiger partial charge < -0.3 is 9.72 Å². The number of ether oxygens (including phenoxy) is 1. The summed E-state index contributed by atoms with van der Waals surface area (Å²) in [6.45, 7) is 0. The van der Waals surface area contributed by atoms with Crippen molar-refractivity contribution in [3.8, 4) is 5.75 Å². The van der Waals surface area contributed by atoms with E-state index in [1.54, 1.807) is 7.11 Å². The van der Waals surface area contributed by atoms with E-state index in [-0.39, 0.29) is 11.7 Å². The summed E-state index contributed by atoms with van der Waals surface area (Å²) in [6, 6.07) is 14.1. The number of H-pyrrole nitrogens is 1. The van der Waals surface area contributed by atoms with Crippen molar-refractivity contribution in [1.82, 2.24) is 4.98 Å². The standard InChI is InChI=1S/C20H19NO2/c1-23-16-8-9-18-13(11-16)6-7-14(20(18)22)10-15-12-21-19-5-3-2-4-17(15)19/h2-5,8-9,11-12,14,21H,6-7,10H2,1H3/t14-/m1/s1. The largest absolute Gasteiger partial charge is 0.497 e. The van der Waals surface area contributed by atoms with Crippen LogP contribution < -0.4 is 4.74 Å². The molecule has 0 saturated carbocycles. The highest BCUT2D eigenvalue weighted by atomic mass is 16.5. The molecule has 0 aliphatic heterocycles. The molecular formula is C20H19NO2. The minimum absolute atomic E-state index is 0.0649. The van der Waals surface area contributed by atoms with Gasteiger partial charge in [-0.25, -0.2) is 0 Å². The summed E-state index contributed by atoms with van der Waals surface area (Å²) in [5.41, 5.74) is 4.35. The molecule has 0 unspecified atom stereocenters. The second-order valence-electron chi connectivity index (χ2n) is 6.19. The van der Waals surface area contributed by atoms with E-state index in [1.165, 1.54) is 10.9 Å². The minimum Gasteiger partial charge on any atom is -0.497 e. The van der Waals surface area contributed by atoms with E-state index in [0.717, 1.165) is 41.7 Å². The highest BCUT2D eigenvalue weighted by molar-refractivity contribution is 6.00. The number of Topliss-reactive ketones (excluding diaryl/α,β-unsaturated/α-hetero) is 1. The van der Waals surface area contributed by atoms with Gasteiger partial charge in [-0.3, -0.25) is 4.79 Å². The Kier molecular flexibility index (Phi) is 3.41. The Morgan fingerprint density at radius 1 is 1.22 bits per heavy atom. The maximum Gasteiger partial charge on any atom is 0.166 e. The quantitative estimate of drug-likeness (QED) is 0.789. The zero-order valence-corrected chi connectivity index (χ0v) is 13.1.